The number of likely N-dealkylation sites (tertiary alicyclic amines) is 1. The van der Waals surface area contributed by atoms with E-state index in [1.807, 2.05) is 12.1 Å². The van der Waals surface area contributed by atoms with Gasteiger partial charge in [0.2, 0.25) is 0 Å². The fraction of sp³-hybridized carbons (Fsp3) is 0.500. The zero-order chi connectivity index (χ0) is 12.3. The molecule has 1 aromatic rings. The molecular formula is C12H17N3O2. The molecule has 0 radical (unpaired) electrons. The van der Waals surface area contributed by atoms with Crippen LogP contribution in [0, 0.1) is 0 Å². The number of methoxy groups -OCH3 is 1. The van der Waals surface area contributed by atoms with E-state index in [-0.39, 0.29) is 12.0 Å². The SMILES string of the molecule is COC(=O)[C@@H]1CCCN1Cc1cccc(N)n1. The van der Waals surface area contributed by atoms with Gasteiger partial charge >= 0.3 is 5.97 Å². The van der Waals surface area contributed by atoms with E-state index < -0.39 is 0 Å². The maximum Gasteiger partial charge on any atom is 0.323 e. The van der Waals surface area contributed by atoms with Crippen molar-refractivity contribution in [1.29, 1.82) is 0 Å². The Kier molecular flexibility index (Phi) is 3.58. The molecule has 1 saturated heterocycles. The number of nitrogens with two attached hydrogens (primary N) is 1. The average Bonchev–Trinajstić information content (AvgIpc) is 2.76. The minimum absolute atomic E-state index is 0.136. The Balaban J connectivity index is 2.05. The van der Waals surface area contributed by atoms with Gasteiger partial charge < -0.3 is 10.5 Å². The van der Waals surface area contributed by atoms with Gasteiger partial charge in [0.05, 0.1) is 12.8 Å². The molecular weight excluding hydrogens is 218 g/mol. The van der Waals surface area contributed by atoms with E-state index in [9.17, 15) is 4.79 Å². The summed E-state index contributed by atoms with van der Waals surface area (Å²) in [6.07, 6.45) is 1.87. The van der Waals surface area contributed by atoms with Crippen LogP contribution in [0.15, 0.2) is 18.2 Å². The summed E-state index contributed by atoms with van der Waals surface area (Å²) in [7, 11) is 1.43. The summed E-state index contributed by atoms with van der Waals surface area (Å²) in [6, 6.07) is 5.41. The number of pyridine rings is 1. The smallest absolute Gasteiger partial charge is 0.323 e. The Hall–Kier alpha value is -1.62. The van der Waals surface area contributed by atoms with E-state index in [1.54, 1.807) is 6.07 Å². The largest absolute Gasteiger partial charge is 0.468 e. The number of nitrogen functional groups attached to an aromatic ring is 1. The van der Waals surface area contributed by atoms with E-state index in [0.29, 0.717) is 12.4 Å². The number of carbonyl (C=O) groups excluding carboxylic acids is 1. The van der Waals surface area contributed by atoms with E-state index in [1.165, 1.54) is 7.11 Å². The highest BCUT2D eigenvalue weighted by Gasteiger charge is 2.31. The first-order valence-corrected chi connectivity index (χ1v) is 5.74. The summed E-state index contributed by atoms with van der Waals surface area (Å²) in [5.74, 6) is 0.350. The van der Waals surface area contributed by atoms with Gasteiger partial charge in [0.15, 0.2) is 0 Å². The van der Waals surface area contributed by atoms with Crippen molar-refractivity contribution in [2.75, 3.05) is 19.4 Å². The summed E-state index contributed by atoms with van der Waals surface area (Å²) in [5, 5.41) is 0. The van der Waals surface area contributed by atoms with Crippen LogP contribution in [0.25, 0.3) is 0 Å². The van der Waals surface area contributed by atoms with Gasteiger partial charge in [-0.05, 0) is 31.5 Å². The van der Waals surface area contributed by atoms with Crippen LogP contribution in [0.3, 0.4) is 0 Å². The molecule has 92 valence electrons. The van der Waals surface area contributed by atoms with Crippen molar-refractivity contribution in [3.8, 4) is 0 Å². The van der Waals surface area contributed by atoms with Crippen LogP contribution in [0.2, 0.25) is 0 Å². The first-order valence-electron chi connectivity index (χ1n) is 5.74. The molecule has 0 saturated carbocycles. The summed E-state index contributed by atoms with van der Waals surface area (Å²) < 4.78 is 4.80. The molecule has 2 heterocycles. The lowest BCUT2D eigenvalue weighted by Gasteiger charge is -2.21. The molecule has 1 atom stereocenters. The van der Waals surface area contributed by atoms with Crippen molar-refractivity contribution in [2.24, 2.45) is 0 Å². The molecule has 5 nitrogen and oxygen atoms in total. The normalized spacial score (nSPS) is 20.4. The Morgan fingerprint density at radius 2 is 2.47 bits per heavy atom. The topological polar surface area (TPSA) is 68.5 Å². The molecule has 1 aromatic heterocycles. The highest BCUT2D eigenvalue weighted by atomic mass is 16.5. The summed E-state index contributed by atoms with van der Waals surface area (Å²) in [4.78, 5) is 17.9. The Morgan fingerprint density at radius 1 is 1.65 bits per heavy atom. The van der Waals surface area contributed by atoms with Gasteiger partial charge in [-0.15, -0.1) is 0 Å². The van der Waals surface area contributed by atoms with Crippen LogP contribution < -0.4 is 5.73 Å². The van der Waals surface area contributed by atoms with E-state index in [0.717, 1.165) is 25.1 Å². The number of ether oxygens (including phenoxy) is 1. The summed E-state index contributed by atoms with van der Waals surface area (Å²) in [6.45, 7) is 1.54. The van der Waals surface area contributed by atoms with Gasteiger partial charge in [-0.3, -0.25) is 9.69 Å². The van der Waals surface area contributed by atoms with Crippen LogP contribution >= 0.6 is 0 Å². The lowest BCUT2D eigenvalue weighted by Crippen LogP contribution is -2.36. The number of anilines is 1. The van der Waals surface area contributed by atoms with Gasteiger partial charge in [-0.2, -0.15) is 0 Å². The summed E-state index contributed by atoms with van der Waals surface area (Å²) in [5.41, 5.74) is 6.52. The molecule has 2 rings (SSSR count). The van der Waals surface area contributed by atoms with E-state index in [2.05, 4.69) is 9.88 Å². The van der Waals surface area contributed by atoms with Crippen LogP contribution in [0.1, 0.15) is 18.5 Å². The van der Waals surface area contributed by atoms with Crippen molar-refractivity contribution in [3.63, 3.8) is 0 Å². The molecule has 0 amide bonds. The minimum Gasteiger partial charge on any atom is -0.468 e. The maximum absolute atomic E-state index is 11.6. The molecule has 1 fully saturated rings. The van der Waals surface area contributed by atoms with Crippen molar-refractivity contribution < 1.29 is 9.53 Å². The Morgan fingerprint density at radius 3 is 3.18 bits per heavy atom. The zero-order valence-electron chi connectivity index (χ0n) is 9.93. The molecule has 17 heavy (non-hydrogen) atoms. The van der Waals surface area contributed by atoms with Crippen molar-refractivity contribution >= 4 is 11.8 Å². The van der Waals surface area contributed by atoms with Gasteiger partial charge in [-0.1, -0.05) is 6.07 Å². The molecule has 1 aliphatic rings. The van der Waals surface area contributed by atoms with Crippen LogP contribution in [-0.2, 0) is 16.1 Å². The standard InChI is InChI=1S/C12H17N3O2/c1-17-12(16)10-5-3-7-15(10)8-9-4-2-6-11(13)14-9/h2,4,6,10H,3,5,7-8H2,1H3,(H2,13,14)/t10-/m0/s1. The number of hydrogen-bond acceptors (Lipinski definition) is 5. The van der Waals surface area contributed by atoms with Crippen molar-refractivity contribution in [1.82, 2.24) is 9.88 Å². The van der Waals surface area contributed by atoms with Gasteiger partial charge in [0.1, 0.15) is 11.9 Å². The molecule has 0 aliphatic carbocycles. The number of rotatable bonds is 3. The third-order valence-corrected chi connectivity index (χ3v) is 3.03. The predicted octanol–water partition coefficient (Wildman–Crippen LogP) is 0.801. The quantitative estimate of drug-likeness (QED) is 0.785. The summed E-state index contributed by atoms with van der Waals surface area (Å²) >= 11 is 0. The number of esters is 1. The second kappa shape index (κ2) is 5.14. The second-order valence-corrected chi connectivity index (χ2v) is 4.21. The monoisotopic (exact) mass is 235 g/mol. The van der Waals surface area contributed by atoms with E-state index in [4.69, 9.17) is 10.5 Å². The van der Waals surface area contributed by atoms with E-state index >= 15 is 0 Å². The number of hydrogen-bond donors (Lipinski definition) is 1. The third kappa shape index (κ3) is 2.74. The number of nitrogens with zero attached hydrogens (tertiary/aromatic N) is 2. The first kappa shape index (κ1) is 11.9. The predicted molar refractivity (Wildman–Crippen MR) is 64.1 cm³/mol. The first-order chi connectivity index (χ1) is 8.20. The van der Waals surface area contributed by atoms with Gasteiger partial charge in [0, 0.05) is 6.54 Å². The molecule has 0 aromatic carbocycles. The fourth-order valence-corrected chi connectivity index (χ4v) is 2.21. The van der Waals surface area contributed by atoms with Crippen LogP contribution in [0.5, 0.6) is 0 Å². The molecule has 0 bridgehead atoms. The minimum atomic E-state index is -0.161. The van der Waals surface area contributed by atoms with Gasteiger partial charge in [0.25, 0.3) is 0 Å². The molecule has 1 aliphatic heterocycles. The Labute approximate surface area is 101 Å². The zero-order valence-corrected chi connectivity index (χ0v) is 9.93. The lowest BCUT2D eigenvalue weighted by molar-refractivity contribution is -0.146. The van der Waals surface area contributed by atoms with Crippen molar-refractivity contribution in [2.45, 2.75) is 25.4 Å². The molecule has 0 spiro atoms. The van der Waals surface area contributed by atoms with Crippen LogP contribution in [-0.4, -0.2) is 35.5 Å². The molecule has 5 heteroatoms. The average molecular weight is 235 g/mol. The highest BCUT2D eigenvalue weighted by molar-refractivity contribution is 5.75. The van der Waals surface area contributed by atoms with Crippen LogP contribution in [0.4, 0.5) is 5.82 Å². The fourth-order valence-electron chi connectivity index (χ4n) is 2.21. The number of aromatic nitrogens is 1. The van der Waals surface area contributed by atoms with Crippen molar-refractivity contribution in [3.05, 3.63) is 23.9 Å². The number of carbonyl (C=O) groups is 1. The Bertz CT molecular complexity index is 408. The molecule has 2 N–H and O–H groups in total. The highest BCUT2D eigenvalue weighted by Crippen LogP contribution is 2.20. The third-order valence-electron chi connectivity index (χ3n) is 3.03. The van der Waals surface area contributed by atoms with Gasteiger partial charge in [-0.25, -0.2) is 4.98 Å². The molecule has 0 unspecified atom stereocenters. The lowest BCUT2D eigenvalue weighted by atomic mass is 10.2. The second-order valence-electron chi connectivity index (χ2n) is 4.21. The maximum atomic E-state index is 11.6.